The van der Waals surface area contributed by atoms with E-state index in [1.165, 1.54) is 6.19 Å². The molecule has 0 amide bonds. The average molecular weight is 317 g/mol. The molecule has 0 unspecified atom stereocenters. The van der Waals surface area contributed by atoms with E-state index >= 15 is 0 Å². The van der Waals surface area contributed by atoms with Gasteiger partial charge >= 0.3 is 0 Å². The number of guanidine groups is 1. The first kappa shape index (κ1) is 17.2. The first-order valence-electron chi connectivity index (χ1n) is 6.03. The van der Waals surface area contributed by atoms with Crippen LogP contribution in [0.15, 0.2) is 65.7 Å². The van der Waals surface area contributed by atoms with E-state index in [9.17, 15) is 4.89 Å². The van der Waals surface area contributed by atoms with E-state index in [1.54, 1.807) is 48.5 Å². The molecule has 7 nitrogen and oxygen atoms in total. The van der Waals surface area contributed by atoms with Crippen LogP contribution in [0.4, 0.5) is 0 Å². The van der Waals surface area contributed by atoms with Gasteiger partial charge in [-0.1, -0.05) is 36.4 Å². The summed E-state index contributed by atoms with van der Waals surface area (Å²) in [5.41, 5.74) is 9.42. The van der Waals surface area contributed by atoms with Crippen molar-refractivity contribution in [2.24, 2.45) is 16.5 Å². The van der Waals surface area contributed by atoms with Crippen LogP contribution in [0, 0.1) is 11.5 Å². The summed E-state index contributed by atoms with van der Waals surface area (Å²) >= 11 is 0. The van der Waals surface area contributed by atoms with Crippen LogP contribution in [0.2, 0.25) is 0 Å². The first-order valence-corrected chi connectivity index (χ1v) is 7.12. The lowest BCUT2D eigenvalue weighted by molar-refractivity contribution is -0.189. The number of nitrogens with two attached hydrogens (primary N) is 2. The number of rotatable bonds is 4. The summed E-state index contributed by atoms with van der Waals surface area (Å²) in [5, 5.41) is 7.64. The lowest BCUT2D eigenvalue weighted by atomic mass is 10.3. The van der Waals surface area contributed by atoms with Gasteiger partial charge in [0.15, 0.2) is 0 Å². The second kappa shape index (κ2) is 10.00. The summed E-state index contributed by atoms with van der Waals surface area (Å²) in [5.74, 6) is 0.858. The second-order valence-corrected chi connectivity index (χ2v) is 4.48. The molecule has 0 saturated carbocycles. The van der Waals surface area contributed by atoms with Crippen molar-refractivity contribution in [3.8, 4) is 17.7 Å². The number of benzene rings is 2. The largest absolute Gasteiger partial charge is 0.765 e. The van der Waals surface area contributed by atoms with E-state index in [2.05, 4.69) is 4.99 Å². The van der Waals surface area contributed by atoms with Gasteiger partial charge in [0.1, 0.15) is 11.5 Å². The molecule has 0 radical (unpaired) electrons. The van der Waals surface area contributed by atoms with Crippen LogP contribution in [0.1, 0.15) is 0 Å². The summed E-state index contributed by atoms with van der Waals surface area (Å²) in [6, 6.07) is 17.8. The van der Waals surface area contributed by atoms with Gasteiger partial charge < -0.3 is 25.4 Å². The second-order valence-electron chi connectivity index (χ2n) is 3.67. The first-order chi connectivity index (χ1) is 10.6. The fourth-order valence-corrected chi connectivity index (χ4v) is 1.84. The van der Waals surface area contributed by atoms with Crippen LogP contribution >= 0.6 is 8.60 Å². The molecule has 0 heterocycles. The van der Waals surface area contributed by atoms with Gasteiger partial charge in [-0.25, -0.2) is 0 Å². The molecule has 0 saturated heterocycles. The Balaban J connectivity index is 0.000000346. The molecule has 2 aromatic carbocycles. The van der Waals surface area contributed by atoms with Crippen LogP contribution in [0.25, 0.3) is 0 Å². The number of nitrogens with zero attached hydrogens (tertiary/aromatic N) is 2. The number of hydrogen-bond acceptors (Lipinski definition) is 5. The zero-order valence-electron chi connectivity index (χ0n) is 11.5. The van der Waals surface area contributed by atoms with Gasteiger partial charge in [-0.15, -0.1) is 4.99 Å². The fourth-order valence-electron chi connectivity index (χ4n) is 1.21. The minimum absolute atomic E-state index is 0.197. The summed E-state index contributed by atoms with van der Waals surface area (Å²) in [6.45, 7) is 0. The van der Waals surface area contributed by atoms with Crippen molar-refractivity contribution in [1.29, 1.82) is 5.26 Å². The number of nitriles is 1. The molecule has 22 heavy (non-hydrogen) atoms. The smallest absolute Gasteiger partial charge is 0.210 e. The van der Waals surface area contributed by atoms with Crippen molar-refractivity contribution in [2.45, 2.75) is 0 Å². The third-order valence-electron chi connectivity index (χ3n) is 2.03. The summed E-state index contributed by atoms with van der Waals surface area (Å²) in [7, 11) is -2.18. The molecule has 8 heteroatoms. The third kappa shape index (κ3) is 7.70. The Labute approximate surface area is 129 Å². The molecule has 0 aliphatic rings. The van der Waals surface area contributed by atoms with Gasteiger partial charge in [0.2, 0.25) is 20.8 Å². The zero-order valence-corrected chi connectivity index (χ0v) is 12.4. The molecule has 0 fully saturated rings. The van der Waals surface area contributed by atoms with E-state index in [0.717, 1.165) is 0 Å². The molecule has 4 N–H and O–H groups in total. The quantitative estimate of drug-likeness (QED) is 0.380. The maximum absolute atomic E-state index is 11.5. The van der Waals surface area contributed by atoms with E-state index in [0.29, 0.717) is 11.5 Å². The highest BCUT2D eigenvalue weighted by atomic mass is 31.2. The normalized spacial score (nSPS) is 8.95. The Morgan fingerprint density at radius 2 is 1.36 bits per heavy atom. The van der Waals surface area contributed by atoms with Crippen LogP contribution in [0.5, 0.6) is 11.5 Å². The highest BCUT2D eigenvalue weighted by Crippen LogP contribution is 2.32. The lowest BCUT2D eigenvalue weighted by Crippen LogP contribution is -2.21. The number of hydrogen-bond donors (Lipinski definition) is 2. The Bertz CT molecular complexity index is 571. The number of aliphatic imine (C=N–C) groups is 1. The van der Waals surface area contributed by atoms with Crippen LogP contribution in [-0.4, -0.2) is 5.96 Å². The highest BCUT2D eigenvalue weighted by molar-refractivity contribution is 7.39. The Hall–Kier alpha value is -2.81. The van der Waals surface area contributed by atoms with E-state index < -0.39 is 8.60 Å². The molecule has 2 aromatic rings. The summed E-state index contributed by atoms with van der Waals surface area (Å²) < 4.78 is 10.2. The predicted octanol–water partition coefficient (Wildman–Crippen LogP) is 1.47. The molecular formula is C14H14N4O3P-. The summed E-state index contributed by atoms with van der Waals surface area (Å²) in [6.07, 6.45) is 1.41. The molecule has 0 atom stereocenters. The van der Waals surface area contributed by atoms with E-state index in [1.807, 2.05) is 12.1 Å². The average Bonchev–Trinajstić information content (AvgIpc) is 2.49. The zero-order chi connectivity index (χ0) is 16.2. The van der Waals surface area contributed by atoms with Crippen LogP contribution < -0.4 is 25.4 Å². The molecular weight excluding hydrogens is 303 g/mol. The summed E-state index contributed by atoms with van der Waals surface area (Å²) in [4.78, 5) is 14.4. The maximum Gasteiger partial charge on any atom is 0.210 e. The van der Waals surface area contributed by atoms with Crippen molar-refractivity contribution >= 4 is 14.6 Å². The van der Waals surface area contributed by atoms with Crippen LogP contribution in [-0.2, 0) is 0 Å². The molecule has 114 valence electrons. The third-order valence-corrected chi connectivity index (χ3v) is 2.75. The SMILES string of the molecule is N#CN=C(N)N.[O-]P(Oc1ccccc1)Oc1ccccc1. The van der Waals surface area contributed by atoms with Crippen LogP contribution in [0.3, 0.4) is 0 Å². The predicted molar refractivity (Wildman–Crippen MR) is 82.5 cm³/mol. The minimum atomic E-state index is -2.18. The van der Waals surface area contributed by atoms with Gasteiger partial charge in [-0.2, -0.15) is 5.26 Å². The molecule has 0 bridgehead atoms. The van der Waals surface area contributed by atoms with Crippen molar-refractivity contribution in [3.05, 3.63) is 60.7 Å². The van der Waals surface area contributed by atoms with E-state index in [4.69, 9.17) is 25.8 Å². The molecule has 2 rings (SSSR count). The standard InChI is InChI=1S/C12H10O3P.C2H4N4/c13-16(14-11-7-3-1-4-8-11)15-12-9-5-2-6-10-12;3-1-6-2(4)5/h1-10H;(H4,4,5,6)/q-1;. The van der Waals surface area contributed by atoms with Crippen molar-refractivity contribution in [2.75, 3.05) is 0 Å². The van der Waals surface area contributed by atoms with Gasteiger partial charge in [0.25, 0.3) is 0 Å². The fraction of sp³-hybridized carbons (Fsp3) is 0. The van der Waals surface area contributed by atoms with E-state index in [-0.39, 0.29) is 5.96 Å². The maximum atomic E-state index is 11.5. The Morgan fingerprint density at radius 1 is 0.955 bits per heavy atom. The molecule has 0 aliphatic carbocycles. The molecule has 0 aromatic heterocycles. The van der Waals surface area contributed by atoms with Gasteiger partial charge in [-0.05, 0) is 24.3 Å². The topological polar surface area (TPSA) is 130 Å². The highest BCUT2D eigenvalue weighted by Gasteiger charge is 1.99. The minimum Gasteiger partial charge on any atom is -0.765 e. The van der Waals surface area contributed by atoms with Crippen molar-refractivity contribution in [3.63, 3.8) is 0 Å². The molecule has 0 spiro atoms. The monoisotopic (exact) mass is 317 g/mol. The van der Waals surface area contributed by atoms with Gasteiger partial charge in [0.05, 0.1) is 0 Å². The molecule has 0 aliphatic heterocycles. The Kier molecular flexibility index (Phi) is 7.83. The Morgan fingerprint density at radius 3 is 1.64 bits per heavy atom. The van der Waals surface area contributed by atoms with Crippen molar-refractivity contribution in [1.82, 2.24) is 0 Å². The van der Waals surface area contributed by atoms with Gasteiger partial charge in [0, 0.05) is 0 Å². The lowest BCUT2D eigenvalue weighted by Gasteiger charge is -2.22. The van der Waals surface area contributed by atoms with Crippen molar-refractivity contribution < 1.29 is 13.9 Å². The number of para-hydroxylation sites is 2. The van der Waals surface area contributed by atoms with Gasteiger partial charge in [-0.3, -0.25) is 0 Å².